The molecule has 2 fully saturated rings. The van der Waals surface area contributed by atoms with Gasteiger partial charge >= 0.3 is 0 Å². The minimum Gasteiger partial charge on any atom is -0.348 e. The molecule has 0 radical (unpaired) electrons. The molecule has 3 aromatic rings. The van der Waals surface area contributed by atoms with Crippen LogP contribution in [0.5, 0.6) is 0 Å². The molecule has 2 aliphatic heterocycles. The van der Waals surface area contributed by atoms with Crippen LogP contribution < -0.4 is 10.6 Å². The van der Waals surface area contributed by atoms with E-state index in [9.17, 15) is 14.0 Å². The highest BCUT2D eigenvalue weighted by Gasteiger charge is 2.61. The van der Waals surface area contributed by atoms with Crippen molar-refractivity contribution in [3.63, 3.8) is 0 Å². The van der Waals surface area contributed by atoms with E-state index < -0.39 is 23.2 Å². The maximum Gasteiger partial charge on any atom is 0.238 e. The molecule has 2 heterocycles. The molecule has 3 aliphatic rings. The highest BCUT2D eigenvalue weighted by Crippen LogP contribution is 2.58. The van der Waals surface area contributed by atoms with Crippen molar-refractivity contribution in [1.82, 2.24) is 5.32 Å². The van der Waals surface area contributed by atoms with Crippen LogP contribution >= 0.6 is 11.6 Å². The number of halogens is 2. The van der Waals surface area contributed by atoms with Crippen LogP contribution in [-0.2, 0) is 21.4 Å². The average Bonchev–Trinajstić information content (AvgIpc) is 3.21. The first kappa shape index (κ1) is 25.6. The minimum absolute atomic E-state index is 0.0439. The van der Waals surface area contributed by atoms with Gasteiger partial charge in [-0.15, -0.1) is 6.42 Å². The largest absolute Gasteiger partial charge is 0.348 e. The van der Waals surface area contributed by atoms with E-state index in [0.29, 0.717) is 27.8 Å². The third-order valence-electron chi connectivity index (χ3n) is 8.86. The smallest absolute Gasteiger partial charge is 0.238 e. The summed E-state index contributed by atoms with van der Waals surface area (Å²) in [7, 11) is 0. The number of fused-ring (bicyclic) bond motifs is 2. The van der Waals surface area contributed by atoms with Crippen LogP contribution in [0, 0.1) is 24.1 Å². The van der Waals surface area contributed by atoms with E-state index in [1.807, 2.05) is 18.2 Å². The van der Waals surface area contributed by atoms with Crippen LogP contribution in [0.25, 0.3) is 0 Å². The van der Waals surface area contributed by atoms with E-state index in [1.165, 1.54) is 31.4 Å². The van der Waals surface area contributed by atoms with Gasteiger partial charge in [-0.05, 0) is 71.0 Å². The summed E-state index contributed by atoms with van der Waals surface area (Å²) in [6.07, 6.45) is 12.7. The van der Waals surface area contributed by atoms with Crippen molar-refractivity contribution in [3.05, 3.63) is 99.3 Å². The Hall–Kier alpha value is -3.62. The molecule has 6 heteroatoms. The summed E-state index contributed by atoms with van der Waals surface area (Å²) >= 11 is 6.33. The third-order valence-corrected chi connectivity index (χ3v) is 9.09. The SMILES string of the molecule is C#Cc1ccc(CC2CCCCC2)c([C@H]2NC(=O)C[C@@H](c3cccc(F)c3)[C@]23C(=O)Nc2cc(Cl)ccc23)c1. The topological polar surface area (TPSA) is 58.2 Å². The van der Waals surface area contributed by atoms with Crippen molar-refractivity contribution in [1.29, 1.82) is 0 Å². The second-order valence-electron chi connectivity index (χ2n) is 11.1. The highest BCUT2D eigenvalue weighted by atomic mass is 35.5. The van der Waals surface area contributed by atoms with Crippen LogP contribution in [0.1, 0.15) is 78.3 Å². The average molecular weight is 541 g/mol. The molecule has 1 aliphatic carbocycles. The molecule has 3 aromatic carbocycles. The van der Waals surface area contributed by atoms with Crippen molar-refractivity contribution < 1.29 is 14.0 Å². The lowest BCUT2D eigenvalue weighted by Gasteiger charge is -2.47. The number of hydrogen-bond donors (Lipinski definition) is 2. The molecule has 0 unspecified atom stereocenters. The Balaban J connectivity index is 1.59. The van der Waals surface area contributed by atoms with Crippen LogP contribution in [0.4, 0.5) is 10.1 Å². The van der Waals surface area contributed by atoms with Gasteiger partial charge in [0.15, 0.2) is 0 Å². The second kappa shape index (κ2) is 10.2. The number of nitrogens with one attached hydrogen (secondary N) is 2. The number of carbonyl (C=O) groups is 2. The zero-order valence-corrected chi connectivity index (χ0v) is 22.4. The number of piperidine rings is 1. The Kier molecular flexibility index (Phi) is 6.69. The van der Waals surface area contributed by atoms with Crippen molar-refractivity contribution in [2.45, 2.75) is 62.3 Å². The number of carbonyl (C=O) groups excluding carboxylic acids is 2. The number of anilines is 1. The molecule has 1 saturated carbocycles. The Morgan fingerprint density at radius 2 is 1.85 bits per heavy atom. The highest BCUT2D eigenvalue weighted by molar-refractivity contribution is 6.31. The predicted molar refractivity (Wildman–Crippen MR) is 151 cm³/mol. The van der Waals surface area contributed by atoms with Gasteiger partial charge in [-0.2, -0.15) is 0 Å². The van der Waals surface area contributed by atoms with Crippen LogP contribution in [0.2, 0.25) is 5.02 Å². The molecule has 3 atom stereocenters. The van der Waals surface area contributed by atoms with Gasteiger partial charge in [0, 0.05) is 28.6 Å². The van der Waals surface area contributed by atoms with Crippen molar-refractivity contribution in [2.24, 2.45) is 5.92 Å². The zero-order valence-electron chi connectivity index (χ0n) is 21.6. The fourth-order valence-corrected chi connectivity index (χ4v) is 7.28. The Labute approximate surface area is 233 Å². The van der Waals surface area contributed by atoms with Crippen LogP contribution in [0.3, 0.4) is 0 Å². The lowest BCUT2D eigenvalue weighted by molar-refractivity contribution is -0.131. The number of benzene rings is 3. The third kappa shape index (κ3) is 4.41. The molecule has 4 nitrogen and oxygen atoms in total. The van der Waals surface area contributed by atoms with E-state index in [1.54, 1.807) is 24.3 Å². The monoisotopic (exact) mass is 540 g/mol. The molecular formula is C33H30ClFN2O2. The fraction of sp³-hybridized carbons (Fsp3) is 0.333. The molecule has 6 rings (SSSR count). The Morgan fingerprint density at radius 3 is 2.62 bits per heavy atom. The van der Waals surface area contributed by atoms with Gasteiger partial charge in [-0.1, -0.05) is 73.9 Å². The van der Waals surface area contributed by atoms with Gasteiger partial charge in [-0.3, -0.25) is 9.59 Å². The van der Waals surface area contributed by atoms with Crippen molar-refractivity contribution >= 4 is 29.1 Å². The van der Waals surface area contributed by atoms with E-state index in [4.69, 9.17) is 18.0 Å². The first-order valence-electron chi connectivity index (χ1n) is 13.7. The second-order valence-corrected chi connectivity index (χ2v) is 11.5. The summed E-state index contributed by atoms with van der Waals surface area (Å²) in [5.41, 5.74) is 3.35. The summed E-state index contributed by atoms with van der Waals surface area (Å²) in [5, 5.41) is 6.75. The lowest BCUT2D eigenvalue weighted by Crippen LogP contribution is -2.57. The lowest BCUT2D eigenvalue weighted by atomic mass is 9.58. The molecule has 39 heavy (non-hydrogen) atoms. The predicted octanol–water partition coefficient (Wildman–Crippen LogP) is 6.82. The van der Waals surface area contributed by atoms with Gasteiger partial charge in [-0.25, -0.2) is 4.39 Å². The van der Waals surface area contributed by atoms with Crippen LogP contribution in [0.15, 0.2) is 60.7 Å². The first-order chi connectivity index (χ1) is 18.9. The summed E-state index contributed by atoms with van der Waals surface area (Å²) in [5.74, 6) is 1.82. The Morgan fingerprint density at radius 1 is 1.03 bits per heavy atom. The summed E-state index contributed by atoms with van der Waals surface area (Å²) in [6, 6.07) is 16.8. The normalized spacial score (nSPS) is 24.6. The van der Waals surface area contributed by atoms with E-state index >= 15 is 0 Å². The molecule has 2 N–H and O–H groups in total. The van der Waals surface area contributed by atoms with Gasteiger partial charge in [0.1, 0.15) is 11.2 Å². The van der Waals surface area contributed by atoms with Crippen LogP contribution in [-0.4, -0.2) is 11.8 Å². The van der Waals surface area contributed by atoms with E-state index in [0.717, 1.165) is 36.0 Å². The van der Waals surface area contributed by atoms with Crippen molar-refractivity contribution in [3.8, 4) is 12.3 Å². The van der Waals surface area contributed by atoms with E-state index in [-0.39, 0.29) is 18.2 Å². The van der Waals surface area contributed by atoms with Gasteiger partial charge in [0.05, 0.1) is 6.04 Å². The summed E-state index contributed by atoms with van der Waals surface area (Å²) < 4.78 is 14.5. The molecule has 198 valence electrons. The molecule has 1 spiro atoms. The number of hydrogen-bond acceptors (Lipinski definition) is 2. The number of rotatable bonds is 4. The number of amides is 2. The Bertz CT molecular complexity index is 1510. The molecule has 0 aromatic heterocycles. The quantitative estimate of drug-likeness (QED) is 0.357. The van der Waals surface area contributed by atoms with E-state index in [2.05, 4.69) is 22.6 Å². The minimum atomic E-state index is -1.23. The number of terminal acetylenes is 1. The molecule has 0 bridgehead atoms. The van der Waals surface area contributed by atoms with Crippen molar-refractivity contribution in [2.75, 3.05) is 5.32 Å². The molecular weight excluding hydrogens is 511 g/mol. The van der Waals surface area contributed by atoms with Gasteiger partial charge < -0.3 is 10.6 Å². The first-order valence-corrected chi connectivity index (χ1v) is 14.0. The van der Waals surface area contributed by atoms with Gasteiger partial charge in [0.2, 0.25) is 11.8 Å². The summed E-state index contributed by atoms with van der Waals surface area (Å²) in [4.78, 5) is 27.7. The maximum atomic E-state index is 14.5. The standard InChI is InChI=1S/C33H30ClFN2O2/c1-2-20-11-12-22(15-21-7-4-3-5-8-21)26(16-20)31-33(27-14-13-24(34)18-29(27)36-32(33)39)28(19-30(38)37-31)23-9-6-10-25(35)17-23/h1,6,9-14,16-18,21,28,31H,3-5,7-8,15,19H2,(H,36,39)(H,37,38)/t28-,31+,33-/m0/s1. The maximum absolute atomic E-state index is 14.5. The molecule has 2 amide bonds. The fourth-order valence-electron chi connectivity index (χ4n) is 7.11. The summed E-state index contributed by atoms with van der Waals surface area (Å²) in [6.45, 7) is 0. The van der Waals surface area contributed by atoms with Gasteiger partial charge in [0.25, 0.3) is 0 Å². The zero-order chi connectivity index (χ0) is 27.1. The molecule has 1 saturated heterocycles.